The van der Waals surface area contributed by atoms with Crippen LogP contribution in [-0.4, -0.2) is 45.8 Å². The summed E-state index contributed by atoms with van der Waals surface area (Å²) < 4.78 is 11.1. The van der Waals surface area contributed by atoms with E-state index >= 15 is 0 Å². The Hall–Kier alpha value is -3.49. The Morgan fingerprint density at radius 2 is 1.92 bits per heavy atom. The smallest absolute Gasteiger partial charge is 0.327 e. The van der Waals surface area contributed by atoms with Crippen molar-refractivity contribution in [2.45, 2.75) is 6.54 Å². The third-order valence-corrected chi connectivity index (χ3v) is 3.52. The fourth-order valence-corrected chi connectivity index (χ4v) is 2.22. The fraction of sp³-hybridized carbons (Fsp3) is 0.188. The Morgan fingerprint density at radius 3 is 2.60 bits per heavy atom. The summed E-state index contributed by atoms with van der Waals surface area (Å²) in [6.07, 6.45) is 2.78. The molecule has 0 radical (unpaired) electrons. The lowest BCUT2D eigenvalue weighted by atomic mass is 10.2. The van der Waals surface area contributed by atoms with Gasteiger partial charge in [-0.3, -0.25) is 9.59 Å². The van der Waals surface area contributed by atoms with E-state index in [0.29, 0.717) is 28.2 Å². The number of ether oxygens (including phenoxy) is 2. The van der Waals surface area contributed by atoms with E-state index in [1.54, 1.807) is 31.4 Å². The van der Waals surface area contributed by atoms with Gasteiger partial charge in [-0.15, -0.1) is 0 Å². The molecule has 1 N–H and O–H groups in total. The number of hydrogen-bond acceptors (Lipinski definition) is 7. The first kappa shape index (κ1) is 16.4. The van der Waals surface area contributed by atoms with Crippen molar-refractivity contribution < 1.29 is 19.1 Å². The van der Waals surface area contributed by atoms with Crippen molar-refractivity contribution in [1.29, 1.82) is 0 Å². The lowest BCUT2D eigenvalue weighted by Gasteiger charge is -2.06. The second kappa shape index (κ2) is 6.95. The topological polar surface area (TPSA) is 108 Å². The molecular formula is C16H15N5O4. The van der Waals surface area contributed by atoms with Gasteiger partial charge in [-0.25, -0.2) is 14.6 Å². The average molecular weight is 341 g/mol. The molecule has 1 amide bonds. The molecule has 0 aliphatic heterocycles. The summed E-state index contributed by atoms with van der Waals surface area (Å²) in [7, 11) is 2.85. The normalized spacial score (nSPS) is 10.5. The zero-order valence-corrected chi connectivity index (χ0v) is 13.6. The van der Waals surface area contributed by atoms with Crippen molar-refractivity contribution in [3.63, 3.8) is 0 Å². The maximum Gasteiger partial charge on any atom is 0.327 e. The summed E-state index contributed by atoms with van der Waals surface area (Å²) in [5, 5.41) is 7.33. The molecule has 9 heteroatoms. The van der Waals surface area contributed by atoms with Gasteiger partial charge in [-0.1, -0.05) is 0 Å². The maximum atomic E-state index is 12.4. The van der Waals surface area contributed by atoms with Crippen LogP contribution >= 0.6 is 0 Å². The van der Waals surface area contributed by atoms with Crippen LogP contribution < -0.4 is 10.1 Å². The number of rotatable bonds is 5. The molecule has 2 aromatic heterocycles. The molecule has 0 aliphatic rings. The number of carbonyl (C=O) groups excluding carboxylic acids is 2. The number of aromatic nitrogens is 4. The molecule has 0 unspecified atom stereocenters. The number of hydrogen-bond donors (Lipinski definition) is 1. The molecule has 0 spiro atoms. The van der Waals surface area contributed by atoms with E-state index in [4.69, 9.17) is 4.74 Å². The largest absolute Gasteiger partial charge is 0.497 e. The number of amides is 1. The highest BCUT2D eigenvalue weighted by atomic mass is 16.5. The Bertz CT molecular complexity index is 920. The number of nitrogens with zero attached hydrogens (tertiary/aromatic N) is 4. The number of methoxy groups -OCH3 is 2. The fourth-order valence-electron chi connectivity index (χ4n) is 2.22. The SMILES string of the molecule is COC(=O)Cn1ncc2c(NC(=O)c3ccc(OC)cc3)ncnc21. The molecule has 2 heterocycles. The van der Waals surface area contributed by atoms with E-state index < -0.39 is 5.97 Å². The van der Waals surface area contributed by atoms with Crippen LogP contribution in [0.2, 0.25) is 0 Å². The van der Waals surface area contributed by atoms with Gasteiger partial charge in [-0.2, -0.15) is 5.10 Å². The maximum absolute atomic E-state index is 12.4. The van der Waals surface area contributed by atoms with Gasteiger partial charge in [0.15, 0.2) is 5.65 Å². The molecule has 3 aromatic rings. The molecule has 0 fully saturated rings. The van der Waals surface area contributed by atoms with Gasteiger partial charge >= 0.3 is 5.97 Å². The van der Waals surface area contributed by atoms with E-state index in [-0.39, 0.29) is 12.5 Å². The van der Waals surface area contributed by atoms with Gasteiger partial charge < -0.3 is 14.8 Å². The molecular weight excluding hydrogens is 326 g/mol. The Kier molecular flexibility index (Phi) is 4.55. The van der Waals surface area contributed by atoms with Gasteiger partial charge in [0.25, 0.3) is 5.91 Å². The highest BCUT2D eigenvalue weighted by Gasteiger charge is 2.15. The number of esters is 1. The highest BCUT2D eigenvalue weighted by Crippen LogP contribution is 2.20. The quantitative estimate of drug-likeness (QED) is 0.696. The van der Waals surface area contributed by atoms with Gasteiger partial charge in [0, 0.05) is 5.56 Å². The van der Waals surface area contributed by atoms with Crippen molar-refractivity contribution in [3.8, 4) is 5.75 Å². The van der Waals surface area contributed by atoms with Crippen molar-refractivity contribution in [1.82, 2.24) is 19.7 Å². The third-order valence-electron chi connectivity index (χ3n) is 3.52. The van der Waals surface area contributed by atoms with E-state index in [0.717, 1.165) is 0 Å². The van der Waals surface area contributed by atoms with E-state index in [1.165, 1.54) is 24.3 Å². The lowest BCUT2D eigenvalue weighted by molar-refractivity contribution is -0.141. The summed E-state index contributed by atoms with van der Waals surface area (Å²) in [6.45, 7) is -0.0805. The van der Waals surface area contributed by atoms with Gasteiger partial charge in [-0.05, 0) is 24.3 Å². The second-order valence-electron chi connectivity index (χ2n) is 5.02. The molecule has 0 aliphatic carbocycles. The summed E-state index contributed by atoms with van der Waals surface area (Å²) in [5.74, 6) is 0.183. The van der Waals surface area contributed by atoms with Crippen LogP contribution in [0.15, 0.2) is 36.8 Å². The summed E-state index contributed by atoms with van der Waals surface area (Å²) in [6, 6.07) is 6.68. The number of carbonyl (C=O) groups is 2. The van der Waals surface area contributed by atoms with Gasteiger partial charge in [0.1, 0.15) is 24.4 Å². The van der Waals surface area contributed by atoms with Crippen LogP contribution in [0.3, 0.4) is 0 Å². The Balaban J connectivity index is 1.85. The first-order chi connectivity index (χ1) is 12.1. The molecule has 1 aromatic carbocycles. The van der Waals surface area contributed by atoms with Crippen molar-refractivity contribution in [3.05, 3.63) is 42.4 Å². The predicted octanol–water partition coefficient (Wildman–Crippen LogP) is 1.26. The summed E-state index contributed by atoms with van der Waals surface area (Å²) in [4.78, 5) is 32.0. The van der Waals surface area contributed by atoms with Crippen LogP contribution in [0.4, 0.5) is 5.82 Å². The first-order valence-electron chi connectivity index (χ1n) is 7.31. The standard InChI is InChI=1S/C16H15N5O4/c1-24-11-5-3-10(4-6-11)16(23)20-14-12-7-19-21(8-13(22)25-2)15(12)18-9-17-14/h3-7,9H,8H2,1-2H3,(H,17,18,20,23). The van der Waals surface area contributed by atoms with Crippen molar-refractivity contribution in [2.75, 3.05) is 19.5 Å². The number of anilines is 1. The predicted molar refractivity (Wildman–Crippen MR) is 88.3 cm³/mol. The monoisotopic (exact) mass is 341 g/mol. The highest BCUT2D eigenvalue weighted by molar-refractivity contribution is 6.07. The minimum absolute atomic E-state index is 0.0805. The molecule has 0 atom stereocenters. The van der Waals surface area contributed by atoms with Crippen LogP contribution in [0, 0.1) is 0 Å². The minimum Gasteiger partial charge on any atom is -0.497 e. The van der Waals surface area contributed by atoms with Crippen LogP contribution in [0.25, 0.3) is 11.0 Å². The number of benzene rings is 1. The molecule has 3 rings (SSSR count). The van der Waals surface area contributed by atoms with Crippen LogP contribution in [-0.2, 0) is 16.1 Å². The molecule has 128 valence electrons. The lowest BCUT2D eigenvalue weighted by Crippen LogP contribution is -2.14. The van der Waals surface area contributed by atoms with E-state index in [9.17, 15) is 9.59 Å². The number of nitrogens with one attached hydrogen (secondary N) is 1. The summed E-state index contributed by atoms with van der Waals surface area (Å²) >= 11 is 0. The van der Waals surface area contributed by atoms with E-state index in [2.05, 4.69) is 25.1 Å². The van der Waals surface area contributed by atoms with Crippen LogP contribution in [0.5, 0.6) is 5.75 Å². The third kappa shape index (κ3) is 3.39. The zero-order chi connectivity index (χ0) is 17.8. The van der Waals surface area contributed by atoms with Gasteiger partial charge in [0.05, 0.1) is 25.8 Å². The molecule has 0 saturated carbocycles. The molecule has 0 bridgehead atoms. The molecule has 0 saturated heterocycles. The number of fused-ring (bicyclic) bond motifs is 1. The second-order valence-corrected chi connectivity index (χ2v) is 5.02. The first-order valence-corrected chi connectivity index (χ1v) is 7.31. The Morgan fingerprint density at radius 1 is 1.16 bits per heavy atom. The summed E-state index contributed by atoms with van der Waals surface area (Å²) in [5.41, 5.74) is 0.875. The average Bonchev–Trinajstić information content (AvgIpc) is 3.05. The Labute approximate surface area is 142 Å². The van der Waals surface area contributed by atoms with Gasteiger partial charge in [0.2, 0.25) is 0 Å². The minimum atomic E-state index is -0.451. The van der Waals surface area contributed by atoms with E-state index in [1.807, 2.05) is 0 Å². The molecule has 9 nitrogen and oxygen atoms in total. The molecule has 25 heavy (non-hydrogen) atoms. The van der Waals surface area contributed by atoms with Crippen LogP contribution in [0.1, 0.15) is 10.4 Å². The van der Waals surface area contributed by atoms with Crippen molar-refractivity contribution >= 4 is 28.7 Å². The van der Waals surface area contributed by atoms with Crippen molar-refractivity contribution in [2.24, 2.45) is 0 Å². The zero-order valence-electron chi connectivity index (χ0n) is 13.6.